The van der Waals surface area contributed by atoms with Crippen LogP contribution < -0.4 is 8.92 Å². The fraction of sp³-hybridized carbons (Fsp3) is 0.158. The number of benzene rings is 3. The summed E-state index contributed by atoms with van der Waals surface area (Å²) in [6.07, 6.45) is -1.23. The summed E-state index contributed by atoms with van der Waals surface area (Å²) >= 11 is 0. The molecule has 6 heteroatoms. The second kappa shape index (κ2) is 6.06. The standard InChI is InChI=1S/C19H16O5S/c20-19-17(25(21,22)24-14-7-2-1-3-8-14)12-23-16-11-10-13-6-4-5-9-15(13)18(16)19/h1-11,17,19-20H,12H2. The number of rotatable bonds is 3. The molecular formula is C19H16O5S. The van der Waals surface area contributed by atoms with Crippen molar-refractivity contribution in [1.29, 1.82) is 0 Å². The van der Waals surface area contributed by atoms with E-state index in [0.717, 1.165) is 10.8 Å². The van der Waals surface area contributed by atoms with Gasteiger partial charge in [0.2, 0.25) is 0 Å². The van der Waals surface area contributed by atoms with E-state index in [1.54, 1.807) is 36.4 Å². The molecular weight excluding hydrogens is 340 g/mol. The number of aliphatic hydroxyl groups excluding tert-OH is 1. The molecule has 0 radical (unpaired) electrons. The fourth-order valence-corrected chi connectivity index (χ4v) is 4.26. The SMILES string of the molecule is O=S(=O)(Oc1ccccc1)C1COc2ccc3ccccc3c2C1O. The van der Waals surface area contributed by atoms with Crippen LogP contribution in [0.25, 0.3) is 10.8 Å². The van der Waals surface area contributed by atoms with Gasteiger partial charge in [0.25, 0.3) is 0 Å². The second-order valence-corrected chi connectivity index (χ2v) is 7.64. The van der Waals surface area contributed by atoms with Gasteiger partial charge >= 0.3 is 10.1 Å². The van der Waals surface area contributed by atoms with Gasteiger partial charge in [-0.05, 0) is 29.0 Å². The lowest BCUT2D eigenvalue weighted by Crippen LogP contribution is -2.40. The van der Waals surface area contributed by atoms with Gasteiger partial charge in [-0.25, -0.2) is 0 Å². The van der Waals surface area contributed by atoms with Crippen molar-refractivity contribution in [1.82, 2.24) is 0 Å². The first-order valence-electron chi connectivity index (χ1n) is 7.87. The van der Waals surface area contributed by atoms with Crippen LogP contribution >= 0.6 is 0 Å². The molecule has 3 aromatic carbocycles. The van der Waals surface area contributed by atoms with E-state index in [-0.39, 0.29) is 12.4 Å². The van der Waals surface area contributed by atoms with E-state index >= 15 is 0 Å². The third-order valence-corrected chi connectivity index (χ3v) is 5.87. The Balaban J connectivity index is 1.74. The van der Waals surface area contributed by atoms with Crippen LogP contribution in [0.15, 0.2) is 66.7 Å². The van der Waals surface area contributed by atoms with Crippen molar-refractivity contribution in [2.75, 3.05) is 6.61 Å². The Labute approximate surface area is 145 Å². The summed E-state index contributed by atoms with van der Waals surface area (Å²) in [6.45, 7) is -0.165. The Hall–Kier alpha value is -2.57. The van der Waals surface area contributed by atoms with Gasteiger partial charge in [-0.15, -0.1) is 0 Å². The fourth-order valence-electron chi connectivity index (χ4n) is 3.07. The highest BCUT2D eigenvalue weighted by molar-refractivity contribution is 7.87. The maximum Gasteiger partial charge on any atom is 0.318 e. The molecule has 0 saturated heterocycles. The minimum absolute atomic E-state index is 0.165. The number of hydrogen-bond acceptors (Lipinski definition) is 5. The summed E-state index contributed by atoms with van der Waals surface area (Å²) in [5, 5.41) is 11.3. The number of aliphatic hydroxyl groups is 1. The van der Waals surface area contributed by atoms with Crippen LogP contribution in [0.4, 0.5) is 0 Å². The monoisotopic (exact) mass is 356 g/mol. The molecule has 2 atom stereocenters. The van der Waals surface area contributed by atoms with E-state index in [1.165, 1.54) is 0 Å². The molecule has 25 heavy (non-hydrogen) atoms. The van der Waals surface area contributed by atoms with Crippen molar-refractivity contribution in [3.05, 3.63) is 72.3 Å². The lowest BCUT2D eigenvalue weighted by atomic mass is 9.96. The zero-order valence-corrected chi connectivity index (χ0v) is 14.0. The van der Waals surface area contributed by atoms with Gasteiger partial charge in [-0.1, -0.05) is 48.5 Å². The molecule has 1 heterocycles. The third-order valence-electron chi connectivity index (χ3n) is 4.31. The molecule has 0 aliphatic carbocycles. The molecule has 4 rings (SSSR count). The van der Waals surface area contributed by atoms with E-state index in [2.05, 4.69) is 0 Å². The first-order chi connectivity index (χ1) is 12.1. The Bertz CT molecular complexity index is 1010. The molecule has 0 saturated carbocycles. The minimum Gasteiger partial charge on any atom is -0.492 e. The highest BCUT2D eigenvalue weighted by Gasteiger charge is 2.41. The zero-order valence-electron chi connectivity index (χ0n) is 13.2. The molecule has 128 valence electrons. The minimum atomic E-state index is -4.07. The van der Waals surface area contributed by atoms with Crippen LogP contribution in [0.5, 0.6) is 11.5 Å². The van der Waals surface area contributed by atoms with Gasteiger partial charge in [0.05, 0.1) is 0 Å². The van der Waals surface area contributed by atoms with Crippen LogP contribution in [-0.2, 0) is 10.1 Å². The quantitative estimate of drug-likeness (QED) is 0.730. The molecule has 0 aromatic heterocycles. The van der Waals surface area contributed by atoms with E-state index in [0.29, 0.717) is 11.3 Å². The first-order valence-corrected chi connectivity index (χ1v) is 9.34. The molecule has 0 bridgehead atoms. The highest BCUT2D eigenvalue weighted by atomic mass is 32.2. The molecule has 3 aromatic rings. The van der Waals surface area contributed by atoms with E-state index in [9.17, 15) is 13.5 Å². The second-order valence-electron chi connectivity index (χ2n) is 5.88. The van der Waals surface area contributed by atoms with Gasteiger partial charge in [-0.3, -0.25) is 0 Å². The number of fused-ring (bicyclic) bond motifs is 3. The van der Waals surface area contributed by atoms with E-state index in [4.69, 9.17) is 8.92 Å². The predicted octanol–water partition coefficient (Wildman–Crippen LogP) is 3.04. The predicted molar refractivity (Wildman–Crippen MR) is 94.2 cm³/mol. The summed E-state index contributed by atoms with van der Waals surface area (Å²) in [4.78, 5) is 0. The largest absolute Gasteiger partial charge is 0.492 e. The Morgan fingerprint density at radius 3 is 2.48 bits per heavy atom. The van der Waals surface area contributed by atoms with Crippen molar-refractivity contribution < 1.29 is 22.4 Å². The molecule has 1 N–H and O–H groups in total. The Morgan fingerprint density at radius 1 is 0.960 bits per heavy atom. The van der Waals surface area contributed by atoms with Crippen molar-refractivity contribution in [2.45, 2.75) is 11.4 Å². The lowest BCUT2D eigenvalue weighted by Gasteiger charge is -2.30. The smallest absolute Gasteiger partial charge is 0.318 e. The average molecular weight is 356 g/mol. The zero-order chi connectivity index (χ0) is 17.4. The summed E-state index contributed by atoms with van der Waals surface area (Å²) in [6, 6.07) is 19.3. The summed E-state index contributed by atoms with van der Waals surface area (Å²) in [7, 11) is -4.07. The van der Waals surface area contributed by atoms with Crippen LogP contribution in [0.3, 0.4) is 0 Å². The summed E-state index contributed by atoms with van der Waals surface area (Å²) in [5.41, 5.74) is 0.481. The van der Waals surface area contributed by atoms with Crippen molar-refractivity contribution in [2.24, 2.45) is 0 Å². The molecule has 0 amide bonds. The van der Waals surface area contributed by atoms with Gasteiger partial charge in [0.15, 0.2) is 5.25 Å². The maximum absolute atomic E-state index is 12.6. The average Bonchev–Trinajstić information content (AvgIpc) is 2.62. The molecule has 5 nitrogen and oxygen atoms in total. The van der Waals surface area contributed by atoms with Gasteiger partial charge in [0, 0.05) is 5.56 Å². The lowest BCUT2D eigenvalue weighted by molar-refractivity contribution is 0.117. The van der Waals surface area contributed by atoms with E-state index in [1.807, 2.05) is 30.3 Å². The topological polar surface area (TPSA) is 72.8 Å². The van der Waals surface area contributed by atoms with Crippen LogP contribution in [0.1, 0.15) is 11.7 Å². The first kappa shape index (κ1) is 15.9. The third kappa shape index (κ3) is 2.83. The van der Waals surface area contributed by atoms with Crippen LogP contribution in [0.2, 0.25) is 0 Å². The summed E-state index contributed by atoms with van der Waals surface area (Å²) in [5.74, 6) is 0.704. The highest BCUT2D eigenvalue weighted by Crippen LogP contribution is 2.40. The Kier molecular flexibility index (Phi) is 3.86. The molecule has 1 aliphatic heterocycles. The van der Waals surface area contributed by atoms with E-state index < -0.39 is 21.5 Å². The van der Waals surface area contributed by atoms with Crippen molar-refractivity contribution >= 4 is 20.9 Å². The summed E-state index contributed by atoms with van der Waals surface area (Å²) < 4.78 is 36.1. The molecule has 0 fully saturated rings. The maximum atomic E-state index is 12.6. The van der Waals surface area contributed by atoms with Crippen LogP contribution in [-0.4, -0.2) is 25.4 Å². The van der Waals surface area contributed by atoms with Crippen molar-refractivity contribution in [3.63, 3.8) is 0 Å². The normalized spacial score (nSPS) is 19.9. The van der Waals surface area contributed by atoms with Gasteiger partial charge < -0.3 is 14.0 Å². The van der Waals surface area contributed by atoms with Crippen LogP contribution in [0, 0.1) is 0 Å². The molecule has 0 spiro atoms. The Morgan fingerprint density at radius 2 is 1.68 bits per heavy atom. The van der Waals surface area contributed by atoms with Gasteiger partial charge in [-0.2, -0.15) is 8.42 Å². The molecule has 1 aliphatic rings. The number of hydrogen-bond donors (Lipinski definition) is 1. The number of ether oxygens (including phenoxy) is 1. The van der Waals surface area contributed by atoms with Gasteiger partial charge in [0.1, 0.15) is 24.2 Å². The molecule has 2 unspecified atom stereocenters. The number of para-hydroxylation sites is 1. The van der Waals surface area contributed by atoms with Crippen molar-refractivity contribution in [3.8, 4) is 11.5 Å².